The number of benzene rings is 3. The van der Waals surface area contributed by atoms with Crippen molar-refractivity contribution in [3.63, 3.8) is 0 Å². The van der Waals surface area contributed by atoms with Crippen LogP contribution in [0.3, 0.4) is 0 Å². The Morgan fingerprint density at radius 3 is 2.40 bits per heavy atom. The molecule has 0 spiro atoms. The molecule has 8 nitrogen and oxygen atoms in total. The van der Waals surface area contributed by atoms with Gasteiger partial charge in [-0.05, 0) is 67.6 Å². The molecule has 0 bridgehead atoms. The third kappa shape index (κ3) is 9.68. The minimum atomic E-state index is -3.47. The lowest BCUT2D eigenvalue weighted by molar-refractivity contribution is 0.0829. The van der Waals surface area contributed by atoms with Crippen molar-refractivity contribution in [3.8, 4) is 5.75 Å². The lowest BCUT2D eigenvalue weighted by Crippen LogP contribution is -2.48. The van der Waals surface area contributed by atoms with E-state index in [9.17, 15) is 18.3 Å². The fourth-order valence-corrected chi connectivity index (χ4v) is 7.82. The smallest absolute Gasteiger partial charge is 0.251 e. The zero-order valence-electron chi connectivity index (χ0n) is 23.3. The summed E-state index contributed by atoms with van der Waals surface area (Å²) in [5, 5.41) is 17.5. The van der Waals surface area contributed by atoms with Crippen molar-refractivity contribution in [1.82, 2.24) is 10.6 Å². The number of ether oxygens (including phenoxy) is 1. The van der Waals surface area contributed by atoms with Gasteiger partial charge in [0.15, 0.2) is 0 Å². The maximum atomic E-state index is 13.6. The first-order valence-corrected chi connectivity index (χ1v) is 16.8. The summed E-state index contributed by atoms with van der Waals surface area (Å²) in [6.07, 6.45) is 0.876. The molecule has 2 atom stereocenters. The van der Waals surface area contributed by atoms with E-state index in [0.717, 1.165) is 26.5 Å². The summed E-state index contributed by atoms with van der Waals surface area (Å²) >= 11 is 6.99. The summed E-state index contributed by atoms with van der Waals surface area (Å²) in [6, 6.07) is 19.8. The van der Waals surface area contributed by atoms with E-state index in [1.54, 1.807) is 18.2 Å². The van der Waals surface area contributed by atoms with Gasteiger partial charge in [-0.3, -0.25) is 9.10 Å². The topological polar surface area (TPSA) is 108 Å². The highest BCUT2D eigenvalue weighted by molar-refractivity contribution is 9.11. The molecular weight excluding hydrogens is 710 g/mol. The van der Waals surface area contributed by atoms with E-state index in [2.05, 4.69) is 42.5 Å². The van der Waals surface area contributed by atoms with Crippen LogP contribution < -0.4 is 19.7 Å². The van der Waals surface area contributed by atoms with Gasteiger partial charge in [-0.25, -0.2) is 8.42 Å². The number of halogens is 3. The molecule has 0 unspecified atom stereocenters. The fourth-order valence-electron chi connectivity index (χ4n) is 4.81. The Morgan fingerprint density at radius 1 is 1.02 bits per heavy atom. The summed E-state index contributed by atoms with van der Waals surface area (Å²) in [5.41, 5.74) is 2.68. The molecule has 1 heterocycles. The second kappa shape index (κ2) is 16.1. The number of nitrogens with one attached hydrogen (secondary N) is 2. The molecule has 0 aromatic heterocycles. The molecule has 42 heavy (non-hydrogen) atoms. The Kier molecular flexibility index (Phi) is 13.1. The van der Waals surface area contributed by atoms with Crippen molar-refractivity contribution in [2.24, 2.45) is 0 Å². The van der Waals surface area contributed by atoms with E-state index >= 15 is 0 Å². The van der Waals surface area contributed by atoms with E-state index in [4.69, 9.17) is 4.74 Å². The zero-order chi connectivity index (χ0) is 29.4. The molecule has 0 saturated carbocycles. The number of nitrogens with zero attached hydrogens (tertiary/aromatic N) is 1. The Hall–Kier alpha value is -2.15. The zero-order valence-corrected chi connectivity index (χ0v) is 28.1. The third-order valence-corrected chi connectivity index (χ3v) is 9.57. The number of anilines is 1. The molecule has 1 amide bonds. The van der Waals surface area contributed by atoms with Gasteiger partial charge in [0, 0.05) is 40.2 Å². The van der Waals surface area contributed by atoms with E-state index in [-0.39, 0.29) is 30.3 Å². The molecule has 12 heteroatoms. The van der Waals surface area contributed by atoms with E-state index < -0.39 is 28.1 Å². The van der Waals surface area contributed by atoms with Crippen LogP contribution in [0.1, 0.15) is 41.3 Å². The summed E-state index contributed by atoms with van der Waals surface area (Å²) in [4.78, 5) is 13.6. The molecular formula is C30H36Br2ClN3O5S. The van der Waals surface area contributed by atoms with Gasteiger partial charge in [-0.15, -0.1) is 12.4 Å². The normalized spacial score (nSPS) is 15.8. The SMILES string of the molecule is CCOc1cc(C(=O)N[C@@H](Cc2ccccc2)[C@H](O)CNCc2cc(Br)cc(Br)c2)cc(N2CCCCS2(=O)=O)c1.Cl. The predicted octanol–water partition coefficient (Wildman–Crippen LogP) is 5.45. The largest absolute Gasteiger partial charge is 0.494 e. The van der Waals surface area contributed by atoms with Crippen molar-refractivity contribution < 1.29 is 23.1 Å². The molecule has 4 rings (SSSR count). The van der Waals surface area contributed by atoms with Crippen LogP contribution in [0.5, 0.6) is 5.75 Å². The Labute approximate surface area is 270 Å². The highest BCUT2D eigenvalue weighted by Crippen LogP contribution is 2.29. The van der Waals surface area contributed by atoms with Crippen molar-refractivity contribution in [1.29, 1.82) is 0 Å². The van der Waals surface area contributed by atoms with Gasteiger partial charge >= 0.3 is 0 Å². The molecule has 1 fully saturated rings. The summed E-state index contributed by atoms with van der Waals surface area (Å²) in [6.45, 7) is 3.33. The van der Waals surface area contributed by atoms with Crippen molar-refractivity contribution >= 4 is 65.9 Å². The maximum Gasteiger partial charge on any atom is 0.251 e. The van der Waals surface area contributed by atoms with Crippen LogP contribution in [0.4, 0.5) is 5.69 Å². The molecule has 0 aliphatic carbocycles. The summed E-state index contributed by atoms with van der Waals surface area (Å²) in [5.74, 6) is 0.0684. The molecule has 3 aromatic rings. The number of amides is 1. The Bertz CT molecular complexity index is 1430. The standard InChI is InChI=1S/C30H35Br2N3O5S.ClH/c1-2-40-27-16-23(15-26(18-27)35-10-6-7-11-41(35,38)39)30(37)34-28(14-21-8-4-3-5-9-21)29(36)20-33-19-22-12-24(31)17-25(32)13-22;/h3-5,8-9,12-13,15-18,28-29,33,36H,2,6-7,10-11,14,19-20H2,1H3,(H,34,37);1H/t28-,29+;/m0./s1. The molecule has 1 aliphatic rings. The first-order chi connectivity index (χ1) is 19.6. The molecule has 3 aromatic carbocycles. The van der Waals surface area contributed by atoms with Gasteiger partial charge in [0.2, 0.25) is 10.0 Å². The van der Waals surface area contributed by atoms with Crippen LogP contribution in [-0.2, 0) is 23.0 Å². The van der Waals surface area contributed by atoms with Crippen molar-refractivity contribution in [2.75, 3.05) is 29.8 Å². The quantitative estimate of drug-likeness (QED) is 0.228. The van der Waals surface area contributed by atoms with Gasteiger partial charge in [0.05, 0.1) is 30.2 Å². The van der Waals surface area contributed by atoms with Crippen LogP contribution in [0, 0.1) is 0 Å². The van der Waals surface area contributed by atoms with Crippen molar-refractivity contribution in [3.05, 3.63) is 92.4 Å². The number of sulfonamides is 1. The minimum absolute atomic E-state index is 0. The average molecular weight is 746 g/mol. The maximum absolute atomic E-state index is 13.6. The van der Waals surface area contributed by atoms with E-state index in [1.807, 2.05) is 55.5 Å². The minimum Gasteiger partial charge on any atom is -0.494 e. The second-order valence-corrected chi connectivity index (χ2v) is 13.8. The summed E-state index contributed by atoms with van der Waals surface area (Å²) in [7, 11) is -3.47. The fraction of sp³-hybridized carbons (Fsp3) is 0.367. The predicted molar refractivity (Wildman–Crippen MR) is 176 cm³/mol. The summed E-state index contributed by atoms with van der Waals surface area (Å²) < 4.78 is 34.5. The number of carbonyl (C=O) groups excluding carboxylic acids is 1. The molecule has 0 radical (unpaired) electrons. The average Bonchev–Trinajstić information content (AvgIpc) is 2.92. The Morgan fingerprint density at radius 2 is 1.74 bits per heavy atom. The van der Waals surface area contributed by atoms with Crippen LogP contribution in [0.15, 0.2) is 75.7 Å². The molecule has 1 saturated heterocycles. The highest BCUT2D eigenvalue weighted by Gasteiger charge is 2.28. The van der Waals surface area contributed by atoms with Gasteiger partial charge in [0.1, 0.15) is 5.75 Å². The van der Waals surface area contributed by atoms with Crippen molar-refractivity contribution in [2.45, 2.75) is 44.9 Å². The van der Waals surface area contributed by atoms with Gasteiger partial charge in [-0.2, -0.15) is 0 Å². The lowest BCUT2D eigenvalue weighted by atomic mass is 10.00. The molecule has 1 aliphatic heterocycles. The van der Waals surface area contributed by atoms with E-state index in [1.165, 1.54) is 4.31 Å². The first kappa shape index (κ1) is 34.3. The monoisotopic (exact) mass is 743 g/mol. The Balaban J connectivity index is 0.00000484. The number of carbonyl (C=O) groups is 1. The number of hydrogen-bond donors (Lipinski definition) is 3. The molecule has 228 valence electrons. The van der Waals surface area contributed by atoms with Gasteiger partial charge < -0.3 is 20.5 Å². The highest BCUT2D eigenvalue weighted by atomic mass is 79.9. The number of hydrogen-bond acceptors (Lipinski definition) is 6. The second-order valence-electron chi connectivity index (χ2n) is 9.99. The lowest BCUT2D eigenvalue weighted by Gasteiger charge is -2.29. The van der Waals surface area contributed by atoms with E-state index in [0.29, 0.717) is 44.0 Å². The number of aliphatic hydroxyl groups excluding tert-OH is 1. The number of aliphatic hydroxyl groups is 1. The van der Waals surface area contributed by atoms with Crippen LogP contribution in [-0.4, -0.2) is 57.0 Å². The van der Waals surface area contributed by atoms with Crippen LogP contribution in [0.2, 0.25) is 0 Å². The van der Waals surface area contributed by atoms with Gasteiger partial charge in [0.25, 0.3) is 5.91 Å². The third-order valence-electron chi connectivity index (χ3n) is 6.79. The molecule has 3 N–H and O–H groups in total. The van der Waals surface area contributed by atoms with Crippen LogP contribution in [0.25, 0.3) is 0 Å². The first-order valence-electron chi connectivity index (χ1n) is 13.6. The number of rotatable bonds is 12. The van der Waals surface area contributed by atoms with Gasteiger partial charge in [-0.1, -0.05) is 62.2 Å². The van der Waals surface area contributed by atoms with Crippen LogP contribution >= 0.6 is 44.3 Å².